The molecular formula is C24H25N3O4. The Morgan fingerprint density at radius 1 is 1.06 bits per heavy atom. The van der Waals surface area contributed by atoms with Crippen LogP contribution in [0, 0.1) is 6.92 Å². The van der Waals surface area contributed by atoms with Crippen LogP contribution in [0.5, 0.6) is 11.5 Å². The van der Waals surface area contributed by atoms with Crippen LogP contribution in [-0.2, 0) is 19.6 Å². The number of aryl methyl sites for hydroxylation is 1. The Hall–Kier alpha value is -3.32. The molecule has 0 bridgehead atoms. The minimum absolute atomic E-state index is 0.168. The van der Waals surface area contributed by atoms with E-state index in [1.54, 1.807) is 0 Å². The maximum Gasteiger partial charge on any atom is 0.273 e. The normalized spacial score (nSPS) is 14.8. The second-order valence-electron chi connectivity index (χ2n) is 8.20. The van der Waals surface area contributed by atoms with Gasteiger partial charge in [0, 0.05) is 19.1 Å². The predicted octanol–water partition coefficient (Wildman–Crippen LogP) is 3.81. The van der Waals surface area contributed by atoms with Crippen LogP contribution in [0.4, 0.5) is 0 Å². The Bertz CT molecular complexity index is 1090. The summed E-state index contributed by atoms with van der Waals surface area (Å²) in [6.45, 7) is 4.23. The zero-order valence-electron chi connectivity index (χ0n) is 17.5. The topological polar surface area (TPSA) is 76.8 Å². The number of hydrogen-bond acceptors (Lipinski definition) is 6. The second-order valence-corrected chi connectivity index (χ2v) is 8.20. The van der Waals surface area contributed by atoms with Crippen LogP contribution in [0.2, 0.25) is 0 Å². The molecule has 1 aromatic heterocycles. The van der Waals surface area contributed by atoms with Crippen molar-refractivity contribution in [1.82, 2.24) is 15.2 Å². The number of amides is 1. The number of ether oxygens (including phenoxy) is 2. The number of oxazole rings is 1. The van der Waals surface area contributed by atoms with E-state index in [0.717, 1.165) is 36.4 Å². The fourth-order valence-electron chi connectivity index (χ4n) is 3.70. The molecule has 1 amide bonds. The van der Waals surface area contributed by atoms with Gasteiger partial charge in [-0.2, -0.15) is 0 Å². The van der Waals surface area contributed by atoms with E-state index in [9.17, 15) is 4.79 Å². The molecule has 0 saturated heterocycles. The number of carbonyl (C=O) groups excluding carboxylic acids is 1. The third-order valence-corrected chi connectivity index (χ3v) is 5.39. The van der Waals surface area contributed by atoms with Crippen LogP contribution in [-0.4, -0.2) is 28.6 Å². The number of nitrogens with zero attached hydrogens (tertiary/aromatic N) is 2. The lowest BCUT2D eigenvalue weighted by Gasteiger charge is -2.21. The molecule has 2 aromatic carbocycles. The maximum absolute atomic E-state index is 12.2. The molecule has 0 unspecified atom stereocenters. The fourth-order valence-corrected chi connectivity index (χ4v) is 3.70. The van der Waals surface area contributed by atoms with E-state index in [1.807, 2.05) is 18.2 Å². The van der Waals surface area contributed by atoms with Crippen LogP contribution < -0.4 is 14.8 Å². The molecule has 1 aliphatic heterocycles. The Balaban J connectivity index is 1.33. The Labute approximate surface area is 181 Å². The van der Waals surface area contributed by atoms with Gasteiger partial charge in [-0.25, -0.2) is 4.98 Å². The first kappa shape index (κ1) is 19.6. The van der Waals surface area contributed by atoms with Crippen molar-refractivity contribution in [3.8, 4) is 11.5 Å². The Kier molecular flexibility index (Phi) is 5.34. The summed E-state index contributed by atoms with van der Waals surface area (Å²) in [6.07, 6.45) is 3.52. The zero-order chi connectivity index (χ0) is 21.2. The van der Waals surface area contributed by atoms with Gasteiger partial charge in [-0.05, 0) is 43.0 Å². The highest BCUT2D eigenvalue weighted by Crippen LogP contribution is 2.33. The average Bonchev–Trinajstić information content (AvgIpc) is 3.23. The highest BCUT2D eigenvalue weighted by atomic mass is 16.7. The van der Waals surface area contributed by atoms with E-state index in [1.165, 1.54) is 17.4 Å². The summed E-state index contributed by atoms with van der Waals surface area (Å²) in [4.78, 5) is 18.9. The van der Waals surface area contributed by atoms with Gasteiger partial charge in [-0.3, -0.25) is 9.69 Å². The SMILES string of the molecule is Cc1cccc(CN(Cc2ccc3c(c2)OCO3)Cc2nc(C(=O)NC3CC3)co2)c1. The van der Waals surface area contributed by atoms with E-state index in [2.05, 4.69) is 46.4 Å². The molecule has 0 radical (unpaired) electrons. The van der Waals surface area contributed by atoms with Crippen LogP contribution in [0.3, 0.4) is 0 Å². The number of benzene rings is 2. The third kappa shape index (κ3) is 4.88. The van der Waals surface area contributed by atoms with Crippen molar-refractivity contribution in [1.29, 1.82) is 0 Å². The predicted molar refractivity (Wildman–Crippen MR) is 114 cm³/mol. The summed E-state index contributed by atoms with van der Waals surface area (Å²) in [5, 5.41) is 2.95. The van der Waals surface area contributed by atoms with Crippen molar-refractivity contribution in [3.05, 3.63) is 77.0 Å². The Morgan fingerprint density at radius 3 is 2.68 bits per heavy atom. The molecule has 1 fully saturated rings. The molecule has 1 N–H and O–H groups in total. The third-order valence-electron chi connectivity index (χ3n) is 5.39. The minimum atomic E-state index is -0.168. The molecule has 31 heavy (non-hydrogen) atoms. The first-order valence-corrected chi connectivity index (χ1v) is 10.5. The van der Waals surface area contributed by atoms with E-state index < -0.39 is 0 Å². The highest BCUT2D eigenvalue weighted by molar-refractivity contribution is 5.92. The van der Waals surface area contributed by atoms with E-state index in [-0.39, 0.29) is 18.7 Å². The summed E-state index contributed by atoms with van der Waals surface area (Å²) in [5.41, 5.74) is 3.87. The van der Waals surface area contributed by atoms with Gasteiger partial charge in [0.05, 0.1) is 6.54 Å². The van der Waals surface area contributed by atoms with Gasteiger partial charge in [0.2, 0.25) is 12.7 Å². The second kappa shape index (κ2) is 8.43. The van der Waals surface area contributed by atoms with E-state index in [4.69, 9.17) is 13.9 Å². The molecular weight excluding hydrogens is 394 g/mol. The van der Waals surface area contributed by atoms with Crippen LogP contribution in [0.15, 0.2) is 53.1 Å². The maximum atomic E-state index is 12.2. The molecule has 0 spiro atoms. The van der Waals surface area contributed by atoms with E-state index in [0.29, 0.717) is 24.7 Å². The number of rotatable bonds is 8. The van der Waals surface area contributed by atoms with Crippen LogP contribution >= 0.6 is 0 Å². The van der Waals surface area contributed by atoms with Crippen molar-refractivity contribution in [2.45, 2.75) is 45.4 Å². The summed E-state index contributed by atoms with van der Waals surface area (Å²) < 4.78 is 16.6. The first-order chi connectivity index (χ1) is 15.1. The van der Waals surface area contributed by atoms with Gasteiger partial charge in [0.1, 0.15) is 6.26 Å². The lowest BCUT2D eigenvalue weighted by atomic mass is 10.1. The Morgan fingerprint density at radius 2 is 1.87 bits per heavy atom. The van der Waals surface area contributed by atoms with E-state index >= 15 is 0 Å². The molecule has 7 heteroatoms. The lowest BCUT2D eigenvalue weighted by molar-refractivity contribution is 0.0946. The molecule has 2 aliphatic rings. The fraction of sp³-hybridized carbons (Fsp3) is 0.333. The van der Waals surface area contributed by atoms with Crippen molar-refractivity contribution >= 4 is 5.91 Å². The standard InChI is InChI=1S/C24H25N3O4/c1-16-3-2-4-17(9-16)11-27(12-18-5-8-21-22(10-18)31-15-30-21)13-23-26-20(14-29-23)24(28)25-19-6-7-19/h2-5,8-10,14,19H,6-7,11-13,15H2,1H3,(H,25,28). The van der Waals surface area contributed by atoms with Crippen molar-refractivity contribution in [3.63, 3.8) is 0 Å². The number of nitrogens with one attached hydrogen (secondary N) is 1. The van der Waals surface area contributed by atoms with Gasteiger partial charge >= 0.3 is 0 Å². The molecule has 3 aromatic rings. The van der Waals surface area contributed by atoms with Gasteiger partial charge in [-0.15, -0.1) is 0 Å². The first-order valence-electron chi connectivity index (χ1n) is 10.5. The smallest absolute Gasteiger partial charge is 0.273 e. The molecule has 160 valence electrons. The van der Waals surface area contributed by atoms with Gasteiger partial charge < -0.3 is 19.2 Å². The number of aromatic nitrogens is 1. The quantitative estimate of drug-likeness (QED) is 0.598. The summed E-state index contributed by atoms with van der Waals surface area (Å²) in [5.74, 6) is 1.89. The lowest BCUT2D eigenvalue weighted by Crippen LogP contribution is -2.26. The minimum Gasteiger partial charge on any atom is -0.454 e. The molecule has 5 rings (SSSR count). The molecule has 2 heterocycles. The monoisotopic (exact) mass is 419 g/mol. The number of hydrogen-bond donors (Lipinski definition) is 1. The van der Waals surface area contributed by atoms with Gasteiger partial charge in [0.25, 0.3) is 5.91 Å². The number of fused-ring (bicyclic) bond motifs is 1. The summed E-state index contributed by atoms with van der Waals surface area (Å²) >= 11 is 0. The van der Waals surface area contributed by atoms with Gasteiger partial charge in [0.15, 0.2) is 17.2 Å². The largest absolute Gasteiger partial charge is 0.454 e. The van der Waals surface area contributed by atoms with Gasteiger partial charge in [-0.1, -0.05) is 35.9 Å². The van der Waals surface area contributed by atoms with Crippen molar-refractivity contribution < 1.29 is 18.7 Å². The van der Waals surface area contributed by atoms with Crippen LogP contribution in [0.25, 0.3) is 0 Å². The molecule has 7 nitrogen and oxygen atoms in total. The van der Waals surface area contributed by atoms with Crippen LogP contribution in [0.1, 0.15) is 45.9 Å². The van der Waals surface area contributed by atoms with Crippen molar-refractivity contribution in [2.24, 2.45) is 0 Å². The summed E-state index contributed by atoms with van der Waals surface area (Å²) in [7, 11) is 0. The molecule has 0 atom stereocenters. The highest BCUT2D eigenvalue weighted by Gasteiger charge is 2.25. The van der Waals surface area contributed by atoms with Crippen molar-refractivity contribution in [2.75, 3.05) is 6.79 Å². The number of carbonyl (C=O) groups is 1. The zero-order valence-corrected chi connectivity index (χ0v) is 17.5. The molecule has 1 aliphatic carbocycles. The average molecular weight is 419 g/mol. The molecule has 1 saturated carbocycles. The summed E-state index contributed by atoms with van der Waals surface area (Å²) in [6, 6.07) is 14.7.